The Kier molecular flexibility index (Phi) is 113. The molecule has 27 heteroatoms. The number of hydrogen-bond donors (Lipinski definition) is 4. The number of halogens is 3. The number of aliphatic hydroxyl groups excluding tert-OH is 1. The quantitative estimate of drug-likeness (QED) is 0.0319. The molecule has 0 saturated heterocycles. The summed E-state index contributed by atoms with van der Waals surface area (Å²) in [6.45, 7) is 29.8. The van der Waals surface area contributed by atoms with Crippen LogP contribution in [0, 0.1) is 36.9 Å². The van der Waals surface area contributed by atoms with Crippen molar-refractivity contribution in [1.29, 1.82) is 0 Å². The number of aromatic nitrogens is 3. The van der Waals surface area contributed by atoms with Gasteiger partial charge < -0.3 is 55.6 Å². The van der Waals surface area contributed by atoms with Gasteiger partial charge in [0.15, 0.2) is 12.3 Å². The van der Waals surface area contributed by atoms with Gasteiger partial charge >= 0.3 is 6.36 Å². The van der Waals surface area contributed by atoms with Crippen LogP contribution in [0.25, 0.3) is 37.6 Å². The average Bonchev–Trinajstić information content (AvgIpc) is 3.38. The Morgan fingerprint density at radius 2 is 0.732 bits per heavy atom. The monoisotopic (exact) mass is 1260 g/mol. The van der Waals surface area contributed by atoms with Crippen LogP contribution in [-0.4, -0.2) is 63.0 Å². The number of aliphatic hydroxyl groups is 1. The number of pyridine rings is 3. The molecule has 0 amide bonds. The number of aromatic hydroxyl groups is 3. The van der Waals surface area contributed by atoms with E-state index in [4.69, 9.17) is 42.0 Å². The first-order valence-electron chi connectivity index (χ1n) is 20.1. The molecule has 0 aliphatic heterocycles. The van der Waals surface area contributed by atoms with Crippen LogP contribution in [0.1, 0.15) is 83.1 Å². The van der Waals surface area contributed by atoms with Crippen molar-refractivity contribution in [3.63, 3.8) is 0 Å². The zero-order valence-corrected chi connectivity index (χ0v) is 52.1. The van der Waals surface area contributed by atoms with Crippen molar-refractivity contribution in [1.82, 2.24) is 15.0 Å². The van der Waals surface area contributed by atoms with E-state index >= 15 is 0 Å². The molecule has 6 aromatic rings. The second-order valence-corrected chi connectivity index (χ2v) is 8.93. The predicted molar refractivity (Wildman–Crippen MR) is 269 cm³/mol. The molecule has 3 aromatic heterocycles. The third-order valence-electron chi connectivity index (χ3n) is 5.10. The largest absolute Gasteiger partial charge is 0.550 e. The Bertz CT molecular complexity index is 1790. The van der Waals surface area contributed by atoms with Crippen molar-refractivity contribution in [2.75, 3.05) is 21.3 Å². The number of para-hydroxylation sites is 3. The number of rotatable bonds is 3. The fraction of sp³-hybridized carbons (Fsp3) is 0.364. The van der Waals surface area contributed by atoms with Crippen molar-refractivity contribution < 1.29 is 145 Å². The summed E-state index contributed by atoms with van der Waals surface area (Å²) < 4.78 is 40.3. The van der Waals surface area contributed by atoms with E-state index in [2.05, 4.69) is 33.2 Å². The van der Waals surface area contributed by atoms with E-state index in [1.165, 1.54) is 7.05 Å². The molecular formula is C44H67F3N7O13SY3-3. The summed E-state index contributed by atoms with van der Waals surface area (Å²) in [7, 11) is 3.56. The molecule has 395 valence electrons. The minimum Gasteiger partial charge on any atom is -0.507 e. The fourth-order valence-electron chi connectivity index (χ4n) is 3.32. The minimum atomic E-state index is -4.77. The number of nitrogens with zero attached hydrogens (tertiary/aromatic N) is 7. The Labute approximate surface area is 495 Å². The number of fused-ring (bicyclic) bond motifs is 3. The van der Waals surface area contributed by atoms with Gasteiger partial charge in [0.1, 0.15) is 17.2 Å². The van der Waals surface area contributed by atoms with Crippen molar-refractivity contribution in [2.45, 2.75) is 89.4 Å². The zero-order chi connectivity index (χ0) is 55.2. The predicted octanol–water partition coefficient (Wildman–Crippen LogP) is 14.5. The summed E-state index contributed by atoms with van der Waals surface area (Å²) >= 11 is 0.0928. The van der Waals surface area contributed by atoms with E-state index in [9.17, 15) is 28.5 Å². The summed E-state index contributed by atoms with van der Waals surface area (Å²) in [5.41, 5.74) is 2.48. The van der Waals surface area contributed by atoms with Gasteiger partial charge in [-0.2, -0.15) is 0 Å². The third-order valence-corrected chi connectivity index (χ3v) is 5.36. The standard InChI is InChI=1S/3C9H7NO.C2H3F3O3S.C2H3N.6C2H6.CH4O.3HNO2.3Y/c3*11-9-5-6-10-8-4-2-1-3-7(8)9;1-6-9-8-7-2(3,4)5;1-3-2;7*1-2;3*2-1-3;;;/h3*1-6H,(H,10,11);1H3;1H3;6*1-2H3;2H,1H3;3*(H,2,3);;;/p-3. The second-order valence-electron chi connectivity index (χ2n) is 8.32. The first-order valence-corrected chi connectivity index (χ1v) is 20.8. The van der Waals surface area contributed by atoms with Crippen molar-refractivity contribution in [2.24, 2.45) is 16.0 Å². The normalized spacial score (nSPS) is 7.46. The number of hydrogen-bond acceptors (Lipinski definition) is 20. The van der Waals surface area contributed by atoms with Crippen LogP contribution in [-0.2, 0) is 112 Å². The molecule has 3 aromatic carbocycles. The molecular weight excluding hydrogens is 1190 g/mol. The van der Waals surface area contributed by atoms with Gasteiger partial charge in [-0.05, 0) is 54.6 Å². The van der Waals surface area contributed by atoms with Crippen LogP contribution in [0.4, 0.5) is 13.2 Å². The topological polar surface area (TPSA) is 309 Å². The summed E-state index contributed by atoms with van der Waals surface area (Å²) in [4.78, 5) is 41.8. The number of benzene rings is 3. The second kappa shape index (κ2) is 83.2. The third kappa shape index (κ3) is 64.3. The van der Waals surface area contributed by atoms with Crippen LogP contribution < -0.4 is 0 Å². The van der Waals surface area contributed by atoms with Gasteiger partial charge in [-0.15, -0.1) is 38.4 Å². The fourth-order valence-corrected chi connectivity index (χ4v) is 3.48. The van der Waals surface area contributed by atoms with Crippen LogP contribution in [0.2, 0.25) is 0 Å². The molecule has 0 unspecified atom stereocenters. The van der Waals surface area contributed by atoms with Gasteiger partial charge in [-0.1, -0.05) is 119 Å². The molecule has 6 rings (SSSR count). The van der Waals surface area contributed by atoms with Crippen molar-refractivity contribution >= 4 is 45.0 Å². The molecule has 0 bridgehead atoms. The minimum absolute atomic E-state index is 0. The van der Waals surface area contributed by atoms with Gasteiger partial charge in [-0.3, -0.25) is 19.1 Å². The molecule has 0 spiro atoms. The molecule has 0 fully saturated rings. The maximum Gasteiger partial charge on any atom is 0.550 e. The van der Waals surface area contributed by atoms with E-state index in [1.807, 2.05) is 156 Å². The van der Waals surface area contributed by atoms with E-state index in [-0.39, 0.29) is 128 Å². The van der Waals surface area contributed by atoms with E-state index in [0.29, 0.717) is 0 Å². The Balaban J connectivity index is -0.0000000559. The van der Waals surface area contributed by atoms with Crippen LogP contribution in [0.15, 0.2) is 126 Å². The SMILES string of the molecule is CC.CC.CC.CC.CC.CC.CO.COSOOC(F)(F)F.O=N[O-].O=N[O-].O=N[O-].Oc1ccnc2ccccc12.Oc1ccnc2ccccc12.Oc1ccnc2ccccc12.[C-]#[N+]C.[Y].[Y].[Y]. The molecule has 20 nitrogen and oxygen atoms in total. The van der Waals surface area contributed by atoms with Crippen LogP contribution in [0.5, 0.6) is 17.2 Å². The molecule has 0 atom stereocenters. The van der Waals surface area contributed by atoms with E-state index in [1.54, 1.807) is 36.8 Å². The molecule has 3 radical (unpaired) electrons. The van der Waals surface area contributed by atoms with Crippen molar-refractivity contribution in [3.05, 3.63) is 151 Å². The van der Waals surface area contributed by atoms with Gasteiger partial charge in [0.2, 0.25) is 7.05 Å². The summed E-state index contributed by atoms with van der Waals surface area (Å²) in [5.74, 6) is 0.863. The van der Waals surface area contributed by atoms with E-state index in [0.717, 1.165) is 62.9 Å². The van der Waals surface area contributed by atoms with Gasteiger partial charge in [-0.25, -0.2) is 6.57 Å². The zero-order valence-electron chi connectivity index (χ0n) is 42.8. The molecule has 0 aliphatic rings. The van der Waals surface area contributed by atoms with E-state index < -0.39 is 6.36 Å². The summed E-state index contributed by atoms with van der Waals surface area (Å²) in [5, 5.41) is 64.4. The van der Waals surface area contributed by atoms with Crippen molar-refractivity contribution in [3.8, 4) is 17.2 Å². The Morgan fingerprint density at radius 1 is 0.535 bits per heavy atom. The van der Waals surface area contributed by atoms with Crippen LogP contribution in [0.3, 0.4) is 0 Å². The van der Waals surface area contributed by atoms with Gasteiger partial charge in [0, 0.05) is 140 Å². The first-order chi connectivity index (χ1) is 32.8. The maximum atomic E-state index is 11.0. The molecule has 0 aliphatic carbocycles. The molecule has 4 N–H and O–H groups in total. The molecule has 71 heavy (non-hydrogen) atoms. The number of alkyl halides is 3. The summed E-state index contributed by atoms with van der Waals surface area (Å²) in [6, 6.07) is 27.2. The Hall–Kier alpha value is -3.73. The summed E-state index contributed by atoms with van der Waals surface area (Å²) in [6.07, 6.45) is 0.0124. The Morgan fingerprint density at radius 3 is 0.901 bits per heavy atom. The van der Waals surface area contributed by atoms with Crippen LogP contribution >= 0.6 is 12.3 Å². The van der Waals surface area contributed by atoms with Gasteiger partial charge in [0.05, 0.1) is 23.7 Å². The molecule has 3 heterocycles. The molecule has 0 saturated carbocycles. The van der Waals surface area contributed by atoms with Gasteiger partial charge in [0.25, 0.3) is 0 Å². The maximum absolute atomic E-state index is 11.0. The average molecular weight is 1260 g/mol. The smallest absolute Gasteiger partial charge is 0.507 e. The first kappa shape index (κ1) is 96.7.